The smallest absolute Gasteiger partial charge is 0.325 e. The molecule has 3 aromatic rings. The molecule has 30 heavy (non-hydrogen) atoms. The molecular weight excluding hydrogens is 423 g/mol. The predicted molar refractivity (Wildman–Crippen MR) is 103 cm³/mol. The van der Waals surface area contributed by atoms with Crippen LogP contribution in [0.2, 0.25) is 0 Å². The number of hydrogen-bond acceptors (Lipinski definition) is 6. The molecule has 1 N–H and O–H groups in total. The van der Waals surface area contributed by atoms with Gasteiger partial charge in [0.1, 0.15) is 6.33 Å². The molecule has 0 fully saturated rings. The Morgan fingerprint density at radius 1 is 1.23 bits per heavy atom. The summed E-state index contributed by atoms with van der Waals surface area (Å²) in [5.74, 6) is -0.720. The Morgan fingerprint density at radius 3 is 2.57 bits per heavy atom. The first-order chi connectivity index (χ1) is 14.2. The third-order valence-corrected chi connectivity index (χ3v) is 5.04. The maximum atomic E-state index is 13.3. The number of nitrogens with one attached hydrogen (secondary N) is 1. The van der Waals surface area contributed by atoms with Crippen molar-refractivity contribution in [2.75, 3.05) is 5.32 Å². The number of rotatable bonds is 6. The Labute approximate surface area is 172 Å². The first-order valence-electron chi connectivity index (χ1n) is 8.45. The molecule has 0 aliphatic carbocycles. The molecule has 1 amide bonds. The zero-order chi connectivity index (χ0) is 21.9. The van der Waals surface area contributed by atoms with Crippen molar-refractivity contribution < 1.29 is 22.9 Å². The largest absolute Gasteiger partial charge is 0.418 e. The van der Waals surface area contributed by atoms with Crippen LogP contribution in [0.25, 0.3) is 5.69 Å². The van der Waals surface area contributed by atoms with Gasteiger partial charge < -0.3 is 5.32 Å². The summed E-state index contributed by atoms with van der Waals surface area (Å²) in [5, 5.41) is 20.3. The van der Waals surface area contributed by atoms with E-state index in [9.17, 15) is 28.1 Å². The second-order valence-electron chi connectivity index (χ2n) is 6.05. The number of aromatic nitrogens is 3. The Bertz CT molecular complexity index is 1070. The number of benzene rings is 2. The van der Waals surface area contributed by atoms with Crippen molar-refractivity contribution in [2.24, 2.45) is 0 Å². The number of hydrogen-bond donors (Lipinski definition) is 1. The van der Waals surface area contributed by atoms with Gasteiger partial charge in [0.25, 0.3) is 5.69 Å². The average Bonchev–Trinajstić information content (AvgIpc) is 3.16. The van der Waals surface area contributed by atoms with Gasteiger partial charge in [-0.05, 0) is 25.1 Å². The number of nitro benzene ring substituents is 1. The Balaban J connectivity index is 1.79. The quantitative estimate of drug-likeness (QED) is 0.350. The third-order valence-electron chi connectivity index (χ3n) is 3.98. The van der Waals surface area contributed by atoms with Gasteiger partial charge in [-0.2, -0.15) is 13.2 Å². The van der Waals surface area contributed by atoms with E-state index in [4.69, 9.17) is 0 Å². The number of carbonyl (C=O) groups excluding carboxylic acids is 1. The molecule has 0 saturated heterocycles. The van der Waals surface area contributed by atoms with Crippen LogP contribution in [-0.4, -0.2) is 30.8 Å². The van der Waals surface area contributed by atoms with Gasteiger partial charge >= 0.3 is 6.18 Å². The van der Waals surface area contributed by atoms with E-state index in [1.165, 1.54) is 13.3 Å². The second-order valence-corrected chi connectivity index (χ2v) is 7.36. The number of thioether (sulfide) groups is 1. The van der Waals surface area contributed by atoms with E-state index < -0.39 is 39.2 Å². The standard InChI is InChI=1S/C18H14F3N5O3S/c1-11(30-17-24-22-10-25(17)12-5-3-2-4-6-12)16(27)23-15-8-7-13(26(28)29)9-14(15)18(19,20)21/h2-11H,1H3,(H,23,27). The lowest BCUT2D eigenvalue weighted by molar-refractivity contribution is -0.385. The fourth-order valence-corrected chi connectivity index (χ4v) is 3.35. The normalized spacial score (nSPS) is 12.4. The maximum Gasteiger partial charge on any atom is 0.418 e. The zero-order valence-electron chi connectivity index (χ0n) is 15.3. The summed E-state index contributed by atoms with van der Waals surface area (Å²) in [6.07, 6.45) is -3.42. The van der Waals surface area contributed by atoms with E-state index in [1.54, 1.807) is 4.57 Å². The molecule has 12 heteroatoms. The Kier molecular flexibility index (Phi) is 6.06. The van der Waals surface area contributed by atoms with Crippen LogP contribution in [-0.2, 0) is 11.0 Å². The van der Waals surface area contributed by atoms with Gasteiger partial charge in [0.15, 0.2) is 5.16 Å². The molecule has 0 radical (unpaired) electrons. The van der Waals surface area contributed by atoms with Crippen LogP contribution in [0.1, 0.15) is 12.5 Å². The highest BCUT2D eigenvalue weighted by atomic mass is 32.2. The van der Waals surface area contributed by atoms with Crippen molar-refractivity contribution in [1.29, 1.82) is 0 Å². The fourth-order valence-electron chi connectivity index (χ4n) is 2.51. The molecule has 1 atom stereocenters. The van der Waals surface area contributed by atoms with Gasteiger partial charge in [-0.25, -0.2) is 0 Å². The highest BCUT2D eigenvalue weighted by molar-refractivity contribution is 8.00. The lowest BCUT2D eigenvalue weighted by atomic mass is 10.1. The number of non-ortho nitro benzene ring substituents is 1. The molecule has 1 aromatic heterocycles. The summed E-state index contributed by atoms with van der Waals surface area (Å²) < 4.78 is 41.5. The third kappa shape index (κ3) is 4.76. The van der Waals surface area contributed by atoms with Crippen molar-refractivity contribution >= 4 is 29.0 Å². The number of anilines is 1. The minimum absolute atomic E-state index is 0.378. The van der Waals surface area contributed by atoms with Crippen LogP contribution < -0.4 is 5.32 Å². The van der Waals surface area contributed by atoms with Gasteiger partial charge in [0.05, 0.1) is 21.4 Å². The zero-order valence-corrected chi connectivity index (χ0v) is 16.1. The Morgan fingerprint density at radius 2 is 1.93 bits per heavy atom. The topological polar surface area (TPSA) is 103 Å². The number of halogens is 3. The first-order valence-corrected chi connectivity index (χ1v) is 9.33. The molecule has 3 rings (SSSR count). The van der Waals surface area contributed by atoms with Gasteiger partial charge in [0, 0.05) is 17.8 Å². The van der Waals surface area contributed by atoms with E-state index in [1.807, 2.05) is 30.3 Å². The minimum atomic E-state index is -4.88. The first kappa shape index (κ1) is 21.3. The summed E-state index contributed by atoms with van der Waals surface area (Å²) in [6, 6.07) is 11.2. The molecule has 0 aliphatic heterocycles. The highest BCUT2D eigenvalue weighted by Crippen LogP contribution is 2.37. The van der Waals surface area contributed by atoms with E-state index in [0.29, 0.717) is 11.2 Å². The van der Waals surface area contributed by atoms with E-state index >= 15 is 0 Å². The summed E-state index contributed by atoms with van der Waals surface area (Å²) in [6.45, 7) is 1.50. The van der Waals surface area contributed by atoms with Crippen molar-refractivity contribution in [3.05, 3.63) is 70.5 Å². The van der Waals surface area contributed by atoms with Crippen LogP contribution in [0.5, 0.6) is 0 Å². The summed E-state index contributed by atoms with van der Waals surface area (Å²) in [7, 11) is 0. The monoisotopic (exact) mass is 437 g/mol. The van der Waals surface area contributed by atoms with E-state index in [0.717, 1.165) is 29.6 Å². The number of alkyl halides is 3. The van der Waals surface area contributed by atoms with Gasteiger partial charge in [-0.3, -0.25) is 19.5 Å². The second kappa shape index (κ2) is 8.53. The number of para-hydroxylation sites is 1. The summed E-state index contributed by atoms with van der Waals surface area (Å²) >= 11 is 1.01. The lowest BCUT2D eigenvalue weighted by Crippen LogP contribution is -2.24. The predicted octanol–water partition coefficient (Wildman–Crippen LogP) is 4.31. The number of nitrogens with zero attached hydrogens (tertiary/aromatic N) is 4. The van der Waals surface area contributed by atoms with Crippen molar-refractivity contribution in [2.45, 2.75) is 23.5 Å². The van der Waals surface area contributed by atoms with Gasteiger partial charge in [-0.15, -0.1) is 10.2 Å². The van der Waals surface area contributed by atoms with Crippen LogP contribution in [0.4, 0.5) is 24.5 Å². The molecule has 156 valence electrons. The molecule has 0 aliphatic rings. The summed E-state index contributed by atoms with van der Waals surface area (Å²) in [4.78, 5) is 22.3. The van der Waals surface area contributed by atoms with Crippen LogP contribution in [0.15, 0.2) is 60.0 Å². The maximum absolute atomic E-state index is 13.3. The Hall–Kier alpha value is -3.41. The van der Waals surface area contributed by atoms with E-state index in [-0.39, 0.29) is 0 Å². The number of amides is 1. The SMILES string of the molecule is CC(Sc1nncn1-c1ccccc1)C(=O)Nc1ccc([N+](=O)[O-])cc1C(F)(F)F. The lowest BCUT2D eigenvalue weighted by Gasteiger charge is -2.16. The van der Waals surface area contributed by atoms with Gasteiger partial charge in [0.2, 0.25) is 5.91 Å². The molecule has 8 nitrogen and oxygen atoms in total. The summed E-state index contributed by atoms with van der Waals surface area (Å²) in [5.41, 5.74) is -1.82. The number of carbonyl (C=O) groups is 1. The molecule has 0 saturated carbocycles. The number of nitro groups is 1. The molecule has 1 unspecified atom stereocenters. The van der Waals surface area contributed by atoms with Crippen molar-refractivity contribution in [3.63, 3.8) is 0 Å². The molecule has 0 spiro atoms. The van der Waals surface area contributed by atoms with Gasteiger partial charge in [-0.1, -0.05) is 30.0 Å². The molecular formula is C18H14F3N5O3S. The molecule has 1 heterocycles. The molecule has 0 bridgehead atoms. The van der Waals surface area contributed by atoms with Crippen LogP contribution in [0.3, 0.4) is 0 Å². The molecule has 2 aromatic carbocycles. The van der Waals surface area contributed by atoms with Crippen LogP contribution >= 0.6 is 11.8 Å². The highest BCUT2D eigenvalue weighted by Gasteiger charge is 2.36. The average molecular weight is 437 g/mol. The van der Waals surface area contributed by atoms with Crippen LogP contribution in [0, 0.1) is 10.1 Å². The van der Waals surface area contributed by atoms with Crippen molar-refractivity contribution in [1.82, 2.24) is 14.8 Å². The van der Waals surface area contributed by atoms with Crippen molar-refractivity contribution in [3.8, 4) is 5.69 Å². The van der Waals surface area contributed by atoms with E-state index in [2.05, 4.69) is 15.5 Å². The fraction of sp³-hybridized carbons (Fsp3) is 0.167. The minimum Gasteiger partial charge on any atom is -0.325 e.